The topological polar surface area (TPSA) is 81.7 Å². The molecule has 142 valence electrons. The molecule has 3 N–H and O–H groups in total. The number of nitrogens with one attached hydrogen (secondary N) is 2. The summed E-state index contributed by atoms with van der Waals surface area (Å²) in [6.45, 7) is 0.294. The maximum Gasteiger partial charge on any atom is 0.416 e. The summed E-state index contributed by atoms with van der Waals surface area (Å²) in [7, 11) is 0. The fraction of sp³-hybridized carbons (Fsp3) is 0.222. The van der Waals surface area contributed by atoms with Crippen molar-refractivity contribution in [1.82, 2.24) is 5.48 Å². The maximum atomic E-state index is 12.9. The minimum absolute atomic E-state index is 0.203. The zero-order valence-electron chi connectivity index (χ0n) is 14.0. The van der Waals surface area contributed by atoms with Crippen LogP contribution in [0.1, 0.15) is 22.3 Å². The first-order valence-corrected chi connectivity index (χ1v) is 8.09. The zero-order chi connectivity index (χ0) is 19.6. The Morgan fingerprint density at radius 2 is 1.85 bits per heavy atom. The van der Waals surface area contributed by atoms with E-state index in [1.807, 2.05) is 0 Å². The Bertz CT molecular complexity index is 853. The van der Waals surface area contributed by atoms with Gasteiger partial charge >= 0.3 is 6.18 Å². The number of carbonyl (C=O) groups excluding carboxylic acids is 2. The largest absolute Gasteiger partial charge is 0.416 e. The van der Waals surface area contributed by atoms with Crippen molar-refractivity contribution in [1.29, 1.82) is 0 Å². The van der Waals surface area contributed by atoms with Gasteiger partial charge in [-0.3, -0.25) is 14.8 Å². The average Bonchev–Trinajstić information content (AvgIpc) is 3.01. The van der Waals surface area contributed by atoms with E-state index in [0.717, 1.165) is 12.1 Å². The second kappa shape index (κ2) is 7.28. The molecule has 2 aromatic rings. The molecule has 0 radical (unpaired) electrons. The first-order chi connectivity index (χ1) is 12.8. The van der Waals surface area contributed by atoms with Gasteiger partial charge in [0.05, 0.1) is 5.56 Å². The molecule has 0 unspecified atom stereocenters. The second-order valence-electron chi connectivity index (χ2n) is 6.04. The van der Waals surface area contributed by atoms with Crippen LogP contribution in [-0.2, 0) is 11.0 Å². The molecular weight excluding hydrogens is 363 g/mol. The van der Waals surface area contributed by atoms with Crippen LogP contribution in [0.15, 0.2) is 48.5 Å². The molecule has 1 aliphatic rings. The van der Waals surface area contributed by atoms with Gasteiger partial charge in [0.15, 0.2) is 0 Å². The van der Waals surface area contributed by atoms with Gasteiger partial charge in [-0.2, -0.15) is 13.2 Å². The first kappa shape index (κ1) is 18.7. The Kier molecular flexibility index (Phi) is 5.04. The number of nitrogens with zero attached hydrogens (tertiary/aromatic N) is 1. The van der Waals surface area contributed by atoms with Crippen molar-refractivity contribution in [2.75, 3.05) is 16.8 Å². The molecule has 0 saturated carbocycles. The molecule has 6 nitrogen and oxygen atoms in total. The number of anilines is 2. The summed E-state index contributed by atoms with van der Waals surface area (Å²) in [5.74, 6) is -0.985. The molecule has 1 atom stereocenters. The van der Waals surface area contributed by atoms with Gasteiger partial charge in [0, 0.05) is 23.5 Å². The van der Waals surface area contributed by atoms with E-state index in [2.05, 4.69) is 5.32 Å². The number of alkyl halides is 3. The van der Waals surface area contributed by atoms with Gasteiger partial charge in [-0.15, -0.1) is 0 Å². The van der Waals surface area contributed by atoms with E-state index in [-0.39, 0.29) is 17.2 Å². The predicted molar refractivity (Wildman–Crippen MR) is 91.5 cm³/mol. The third-order valence-corrected chi connectivity index (χ3v) is 4.28. The summed E-state index contributed by atoms with van der Waals surface area (Å²) < 4.78 is 38.6. The summed E-state index contributed by atoms with van der Waals surface area (Å²) in [5.41, 5.74) is 1.74. The van der Waals surface area contributed by atoms with Crippen LogP contribution in [-0.4, -0.2) is 29.6 Å². The van der Waals surface area contributed by atoms with Crippen LogP contribution in [0.5, 0.6) is 0 Å². The molecule has 0 spiro atoms. The molecule has 0 bridgehead atoms. The third kappa shape index (κ3) is 4.03. The third-order valence-electron chi connectivity index (χ3n) is 4.28. The lowest BCUT2D eigenvalue weighted by molar-refractivity contribution is -0.137. The molecule has 0 aliphatic carbocycles. The van der Waals surface area contributed by atoms with Crippen LogP contribution in [0, 0.1) is 0 Å². The van der Waals surface area contributed by atoms with Gasteiger partial charge in [-0.1, -0.05) is 6.07 Å². The molecule has 3 rings (SSSR count). The minimum atomic E-state index is -4.47. The van der Waals surface area contributed by atoms with Crippen molar-refractivity contribution in [2.45, 2.75) is 18.6 Å². The standard InChI is InChI=1S/C18H16F3N3O3/c19-18(20,21)12-2-1-3-14(10-12)24-9-8-15(17(24)26)22-13-6-4-11(5-7-13)16(25)23-27/h1-7,10,15,22,27H,8-9H2,(H,23,25)/t15-/m0/s1. The Morgan fingerprint density at radius 1 is 1.15 bits per heavy atom. The normalized spacial score (nSPS) is 17.1. The molecule has 1 aliphatic heterocycles. The van der Waals surface area contributed by atoms with Crippen LogP contribution in [0.3, 0.4) is 0 Å². The van der Waals surface area contributed by atoms with E-state index < -0.39 is 23.7 Å². The highest BCUT2D eigenvalue weighted by Crippen LogP contribution is 2.33. The Hall–Kier alpha value is -3.07. The lowest BCUT2D eigenvalue weighted by Crippen LogP contribution is -2.33. The smallest absolute Gasteiger partial charge is 0.374 e. The molecule has 9 heteroatoms. The quantitative estimate of drug-likeness (QED) is 0.563. The van der Waals surface area contributed by atoms with Gasteiger partial charge in [0.1, 0.15) is 6.04 Å². The van der Waals surface area contributed by atoms with E-state index in [1.54, 1.807) is 12.1 Å². The van der Waals surface area contributed by atoms with Crippen LogP contribution >= 0.6 is 0 Å². The molecule has 1 heterocycles. The van der Waals surface area contributed by atoms with Crippen LogP contribution in [0.4, 0.5) is 24.5 Å². The highest BCUT2D eigenvalue weighted by atomic mass is 19.4. The van der Waals surface area contributed by atoms with E-state index in [1.165, 1.54) is 34.6 Å². The second-order valence-corrected chi connectivity index (χ2v) is 6.04. The SMILES string of the molecule is O=C(NO)c1ccc(N[C@H]2CCN(c3cccc(C(F)(F)F)c3)C2=O)cc1. The van der Waals surface area contributed by atoms with Crippen molar-refractivity contribution in [2.24, 2.45) is 0 Å². The van der Waals surface area contributed by atoms with Crippen molar-refractivity contribution < 1.29 is 28.0 Å². The number of halogens is 3. The number of amides is 2. The van der Waals surface area contributed by atoms with Crippen molar-refractivity contribution in [3.05, 3.63) is 59.7 Å². The number of hydrogen-bond donors (Lipinski definition) is 3. The minimum Gasteiger partial charge on any atom is -0.374 e. The maximum absolute atomic E-state index is 12.9. The fourth-order valence-electron chi connectivity index (χ4n) is 2.90. The van der Waals surface area contributed by atoms with Crippen LogP contribution in [0.25, 0.3) is 0 Å². The summed E-state index contributed by atoms with van der Waals surface area (Å²) in [4.78, 5) is 25.2. The Labute approximate surface area is 152 Å². The summed E-state index contributed by atoms with van der Waals surface area (Å²) in [6.07, 6.45) is -4.05. The van der Waals surface area contributed by atoms with Crippen LogP contribution in [0.2, 0.25) is 0 Å². The van der Waals surface area contributed by atoms with Gasteiger partial charge in [-0.25, -0.2) is 5.48 Å². The summed E-state index contributed by atoms with van der Waals surface area (Å²) in [6, 6.07) is 10.2. The van der Waals surface area contributed by atoms with Gasteiger partial charge in [0.25, 0.3) is 5.91 Å². The molecule has 27 heavy (non-hydrogen) atoms. The Morgan fingerprint density at radius 3 is 2.48 bits per heavy atom. The number of hydroxylamine groups is 1. The van der Waals surface area contributed by atoms with Crippen molar-refractivity contribution >= 4 is 23.2 Å². The first-order valence-electron chi connectivity index (χ1n) is 8.09. The summed E-state index contributed by atoms with van der Waals surface area (Å²) >= 11 is 0. The number of benzene rings is 2. The van der Waals surface area contributed by atoms with Crippen molar-refractivity contribution in [3.8, 4) is 0 Å². The lowest BCUT2D eigenvalue weighted by atomic mass is 10.1. The van der Waals surface area contributed by atoms with E-state index in [9.17, 15) is 22.8 Å². The van der Waals surface area contributed by atoms with Gasteiger partial charge in [-0.05, 0) is 48.9 Å². The molecule has 2 amide bonds. The molecule has 2 aromatic carbocycles. The van der Waals surface area contributed by atoms with Crippen LogP contribution < -0.4 is 15.7 Å². The monoisotopic (exact) mass is 379 g/mol. The lowest BCUT2D eigenvalue weighted by Gasteiger charge is -2.19. The number of rotatable bonds is 4. The predicted octanol–water partition coefficient (Wildman–Crippen LogP) is 3.04. The highest BCUT2D eigenvalue weighted by molar-refractivity contribution is 6.01. The van der Waals surface area contributed by atoms with Gasteiger partial charge < -0.3 is 10.2 Å². The van der Waals surface area contributed by atoms with Gasteiger partial charge in [0.2, 0.25) is 5.91 Å². The average molecular weight is 379 g/mol. The molecule has 1 fully saturated rings. The van der Waals surface area contributed by atoms with Crippen molar-refractivity contribution in [3.63, 3.8) is 0 Å². The van der Waals surface area contributed by atoms with E-state index >= 15 is 0 Å². The fourth-order valence-corrected chi connectivity index (χ4v) is 2.90. The number of carbonyl (C=O) groups is 2. The highest BCUT2D eigenvalue weighted by Gasteiger charge is 2.35. The molecular formula is C18H16F3N3O3. The molecule has 1 saturated heterocycles. The number of hydrogen-bond acceptors (Lipinski definition) is 4. The van der Waals surface area contributed by atoms with E-state index in [0.29, 0.717) is 18.7 Å². The van der Waals surface area contributed by atoms with E-state index in [4.69, 9.17) is 5.21 Å². The zero-order valence-corrected chi connectivity index (χ0v) is 14.0. The summed E-state index contributed by atoms with van der Waals surface area (Å²) in [5, 5.41) is 11.6. The molecule has 0 aromatic heterocycles. The Balaban J connectivity index is 1.71.